The van der Waals surface area contributed by atoms with Crippen molar-refractivity contribution in [2.24, 2.45) is 0 Å². The third-order valence-corrected chi connectivity index (χ3v) is 8.64. The van der Waals surface area contributed by atoms with Crippen LogP contribution in [-0.2, 0) is 21.5 Å². The number of carbonyl (C=O) groups excluding carboxylic acids is 4. The Morgan fingerprint density at radius 2 is 1.76 bits per heavy atom. The lowest BCUT2D eigenvalue weighted by molar-refractivity contribution is -0.123. The summed E-state index contributed by atoms with van der Waals surface area (Å²) < 4.78 is 0. The number of imide groups is 1. The number of urea groups is 2. The van der Waals surface area contributed by atoms with E-state index in [0.29, 0.717) is 24.1 Å². The van der Waals surface area contributed by atoms with E-state index in [1.54, 1.807) is 63.3 Å². The maximum Gasteiger partial charge on any atom is 0.332 e. The quantitative estimate of drug-likeness (QED) is 0.481. The number of hydrogen-bond acceptors (Lipinski definition) is 6. The molecule has 3 aliphatic rings. The van der Waals surface area contributed by atoms with Gasteiger partial charge in [0.25, 0.3) is 5.91 Å². The van der Waals surface area contributed by atoms with Gasteiger partial charge in [-0.3, -0.25) is 14.9 Å². The molecule has 11 nitrogen and oxygen atoms in total. The number of pyridine rings is 1. The highest BCUT2D eigenvalue weighted by atomic mass is 16.2. The van der Waals surface area contributed by atoms with Crippen molar-refractivity contribution in [3.8, 4) is 0 Å². The van der Waals surface area contributed by atoms with Crippen LogP contribution >= 0.6 is 0 Å². The number of anilines is 3. The lowest BCUT2D eigenvalue weighted by Gasteiger charge is -2.27. The van der Waals surface area contributed by atoms with Gasteiger partial charge in [0, 0.05) is 50.5 Å². The summed E-state index contributed by atoms with van der Waals surface area (Å²) in [7, 11) is 3.26. The van der Waals surface area contributed by atoms with Gasteiger partial charge in [0.15, 0.2) is 0 Å². The molecular formula is C31H41N7O4. The number of nitrogens with zero attached hydrogens (tertiary/aromatic N) is 5. The highest BCUT2D eigenvalue weighted by molar-refractivity contribution is 6.23. The maximum atomic E-state index is 13.8. The fourth-order valence-electron chi connectivity index (χ4n) is 6.07. The van der Waals surface area contributed by atoms with Crippen LogP contribution in [0.4, 0.5) is 26.8 Å². The summed E-state index contributed by atoms with van der Waals surface area (Å²) in [6.07, 6.45) is 6.13. The lowest BCUT2D eigenvalue weighted by Crippen LogP contribution is -2.43. The molecule has 1 aromatic carbocycles. The molecular weight excluding hydrogens is 534 g/mol. The average Bonchev–Trinajstić information content (AvgIpc) is 3.59. The van der Waals surface area contributed by atoms with E-state index >= 15 is 0 Å². The first-order valence-corrected chi connectivity index (χ1v) is 14.6. The van der Waals surface area contributed by atoms with E-state index in [9.17, 15) is 19.2 Å². The molecule has 1 saturated carbocycles. The molecule has 0 spiro atoms. The zero-order valence-corrected chi connectivity index (χ0v) is 25.4. The Bertz CT molecular complexity index is 1410. The third-order valence-electron chi connectivity index (χ3n) is 8.64. The molecule has 6 amide bonds. The zero-order valence-electron chi connectivity index (χ0n) is 25.4. The van der Waals surface area contributed by atoms with Gasteiger partial charge in [-0.25, -0.2) is 19.5 Å². The summed E-state index contributed by atoms with van der Waals surface area (Å²) in [6, 6.07) is 8.58. The second kappa shape index (κ2) is 11.0. The van der Waals surface area contributed by atoms with Crippen LogP contribution in [0.1, 0.15) is 64.5 Å². The molecule has 1 aliphatic carbocycles. The topological polar surface area (TPSA) is 118 Å². The number of carbonyl (C=O) groups is 4. The lowest BCUT2D eigenvalue weighted by atomic mass is 9.87. The number of aromatic nitrogens is 1. The number of rotatable bonds is 7. The highest BCUT2D eigenvalue weighted by Crippen LogP contribution is 2.44. The Morgan fingerprint density at radius 1 is 1.05 bits per heavy atom. The van der Waals surface area contributed by atoms with Gasteiger partial charge in [0.05, 0.1) is 12.2 Å². The van der Waals surface area contributed by atoms with Crippen molar-refractivity contribution < 1.29 is 19.2 Å². The van der Waals surface area contributed by atoms with Crippen LogP contribution in [-0.4, -0.2) is 77.4 Å². The van der Waals surface area contributed by atoms with Crippen molar-refractivity contribution in [1.82, 2.24) is 20.1 Å². The molecule has 11 heteroatoms. The molecule has 0 radical (unpaired) electrons. The predicted octanol–water partition coefficient (Wildman–Crippen LogP) is 4.08. The number of benzene rings is 1. The standard InChI is InChI=1S/C31H41N7O4/c1-30(2)19-36(26(39)17-33-21-9-7-8-10-21)24-16-22(11-12-23(24)30)38-27(40)31(3,4)37(29(38)42)18-20-13-14-32-25(15-20)34-28(41)35(5)6/h11-16,21,33H,7-10,17-19H2,1-6H3,(H,32,34,41). The normalized spacial score (nSPS) is 19.4. The van der Waals surface area contributed by atoms with Crippen LogP contribution in [0.5, 0.6) is 0 Å². The first-order chi connectivity index (χ1) is 19.8. The van der Waals surface area contributed by atoms with Crippen molar-refractivity contribution in [2.45, 2.75) is 76.9 Å². The van der Waals surface area contributed by atoms with Gasteiger partial charge in [-0.2, -0.15) is 0 Å². The molecule has 0 atom stereocenters. The van der Waals surface area contributed by atoms with E-state index in [-0.39, 0.29) is 36.3 Å². The summed E-state index contributed by atoms with van der Waals surface area (Å²) in [5.41, 5.74) is 1.53. The smallest absolute Gasteiger partial charge is 0.331 e. The van der Waals surface area contributed by atoms with Crippen molar-refractivity contribution >= 4 is 41.1 Å². The Labute approximate surface area is 247 Å². The zero-order chi connectivity index (χ0) is 30.4. The minimum atomic E-state index is -1.12. The van der Waals surface area contributed by atoms with Gasteiger partial charge < -0.3 is 20.0 Å². The predicted molar refractivity (Wildman–Crippen MR) is 162 cm³/mol. The molecule has 2 fully saturated rings. The molecule has 2 N–H and O–H groups in total. The van der Waals surface area contributed by atoms with Crippen LogP contribution in [0.25, 0.3) is 0 Å². The third kappa shape index (κ3) is 5.45. The van der Waals surface area contributed by atoms with Crippen molar-refractivity contribution in [1.29, 1.82) is 0 Å². The van der Waals surface area contributed by atoms with E-state index in [1.807, 2.05) is 6.07 Å². The summed E-state index contributed by atoms with van der Waals surface area (Å²) >= 11 is 0. The minimum absolute atomic E-state index is 0.0123. The summed E-state index contributed by atoms with van der Waals surface area (Å²) in [6.45, 7) is 8.60. The van der Waals surface area contributed by atoms with E-state index in [0.717, 1.165) is 29.7 Å². The SMILES string of the molecule is CN(C)C(=O)Nc1cc(CN2C(=O)N(c3ccc4c(c3)N(C(=O)CNC3CCCC3)CC4(C)C)C(=O)C2(C)C)ccn1. The Balaban J connectivity index is 1.38. The summed E-state index contributed by atoms with van der Waals surface area (Å²) in [5, 5.41) is 6.12. The first kappa shape index (κ1) is 29.5. The molecule has 5 rings (SSSR count). The van der Waals surface area contributed by atoms with Gasteiger partial charge in [-0.05, 0) is 62.1 Å². The molecule has 2 aliphatic heterocycles. The van der Waals surface area contributed by atoms with E-state index in [4.69, 9.17) is 0 Å². The first-order valence-electron chi connectivity index (χ1n) is 14.6. The second-order valence-electron chi connectivity index (χ2n) is 12.9. The summed E-state index contributed by atoms with van der Waals surface area (Å²) in [4.78, 5) is 63.1. The average molecular weight is 576 g/mol. The molecule has 0 unspecified atom stereocenters. The second-order valence-corrected chi connectivity index (χ2v) is 12.9. The molecule has 3 heterocycles. The van der Waals surface area contributed by atoms with Crippen LogP contribution in [0.3, 0.4) is 0 Å². The Hall–Kier alpha value is -3.99. The van der Waals surface area contributed by atoms with E-state index < -0.39 is 11.6 Å². The minimum Gasteiger partial charge on any atom is -0.331 e. The monoisotopic (exact) mass is 575 g/mol. The largest absolute Gasteiger partial charge is 0.332 e. The van der Waals surface area contributed by atoms with Crippen LogP contribution < -0.4 is 20.4 Å². The fourth-order valence-corrected chi connectivity index (χ4v) is 6.07. The molecule has 1 aromatic heterocycles. The van der Waals surface area contributed by atoms with Gasteiger partial charge in [-0.1, -0.05) is 32.8 Å². The van der Waals surface area contributed by atoms with E-state index in [2.05, 4.69) is 29.5 Å². The molecule has 1 saturated heterocycles. The van der Waals surface area contributed by atoms with Crippen molar-refractivity contribution in [2.75, 3.05) is 42.3 Å². The highest BCUT2D eigenvalue weighted by Gasteiger charge is 2.52. The number of fused-ring (bicyclic) bond motifs is 1. The Morgan fingerprint density at radius 3 is 2.45 bits per heavy atom. The van der Waals surface area contributed by atoms with Crippen LogP contribution in [0, 0.1) is 0 Å². The van der Waals surface area contributed by atoms with Gasteiger partial charge in [0.1, 0.15) is 11.4 Å². The molecule has 2 aromatic rings. The molecule has 0 bridgehead atoms. The van der Waals surface area contributed by atoms with Gasteiger partial charge >= 0.3 is 12.1 Å². The maximum absolute atomic E-state index is 13.8. The van der Waals surface area contributed by atoms with Crippen LogP contribution in [0.2, 0.25) is 0 Å². The Kier molecular flexibility index (Phi) is 7.74. The molecule has 42 heavy (non-hydrogen) atoms. The van der Waals surface area contributed by atoms with Gasteiger partial charge in [-0.15, -0.1) is 0 Å². The van der Waals surface area contributed by atoms with Crippen LogP contribution in [0.15, 0.2) is 36.5 Å². The summed E-state index contributed by atoms with van der Waals surface area (Å²) in [5.74, 6) is -0.00493. The van der Waals surface area contributed by atoms with E-state index in [1.165, 1.54) is 27.5 Å². The van der Waals surface area contributed by atoms with Gasteiger partial charge in [0.2, 0.25) is 5.91 Å². The fraction of sp³-hybridized carbons (Fsp3) is 0.516. The van der Waals surface area contributed by atoms with Crippen molar-refractivity contribution in [3.05, 3.63) is 47.7 Å². The number of nitrogens with one attached hydrogen (secondary N) is 2. The molecule has 224 valence electrons. The number of hydrogen-bond donors (Lipinski definition) is 2. The van der Waals surface area contributed by atoms with Crippen molar-refractivity contribution in [3.63, 3.8) is 0 Å². The number of amides is 6.